The van der Waals surface area contributed by atoms with Crippen LogP contribution in [-0.4, -0.2) is 41.3 Å². The Balaban J connectivity index is 1.75. The number of benzene rings is 1. The molecule has 2 heterocycles. The molecule has 1 fully saturated rings. The molecule has 21 heavy (non-hydrogen) atoms. The molecule has 2 aromatic rings. The van der Waals surface area contributed by atoms with Gasteiger partial charge in [-0.3, -0.25) is 4.79 Å². The predicted octanol–water partition coefficient (Wildman–Crippen LogP) is 1.01. The van der Waals surface area contributed by atoms with E-state index in [2.05, 4.69) is 5.10 Å². The summed E-state index contributed by atoms with van der Waals surface area (Å²) in [6.07, 6.45) is 0.656. The van der Waals surface area contributed by atoms with Crippen LogP contribution in [0.2, 0.25) is 0 Å². The van der Waals surface area contributed by atoms with Crippen molar-refractivity contribution < 1.29 is 8.42 Å². The van der Waals surface area contributed by atoms with Crippen LogP contribution in [0.5, 0.6) is 0 Å². The molecule has 8 heteroatoms. The monoisotopic (exact) mass is 325 g/mol. The maximum Gasteiger partial charge on any atom is 0.325 e. The topological polar surface area (TPSA) is 72.3 Å². The largest absolute Gasteiger partial charge is 0.325 e. The average Bonchev–Trinajstić information content (AvgIpc) is 3.00. The molecule has 112 valence electrons. The summed E-state index contributed by atoms with van der Waals surface area (Å²) in [5, 5.41) is 4.95. The normalized spacial score (nSPS) is 18.1. The first kappa shape index (κ1) is 14.4. The number of sulfonamides is 1. The molecule has 3 rings (SSSR count). The summed E-state index contributed by atoms with van der Waals surface area (Å²) in [6.45, 7) is 1.13. The Morgan fingerprint density at radius 1 is 1.19 bits per heavy atom. The standard InChI is InChI=1S/C13H15N3O3S2/c17-13-16(9-8-15-7-4-10-21(15,18)19)14-12(20-13)11-5-2-1-3-6-11/h1-3,5-6H,4,7-10H2. The molecule has 0 saturated carbocycles. The van der Waals surface area contributed by atoms with Gasteiger partial charge in [0.25, 0.3) is 0 Å². The number of hydrogen-bond donors (Lipinski definition) is 0. The first-order valence-electron chi connectivity index (χ1n) is 6.67. The maximum absolute atomic E-state index is 11.9. The molecule has 1 aliphatic heterocycles. The van der Waals surface area contributed by atoms with Crippen LogP contribution in [0.15, 0.2) is 35.1 Å². The third kappa shape index (κ3) is 3.07. The van der Waals surface area contributed by atoms with E-state index in [1.54, 1.807) is 0 Å². The van der Waals surface area contributed by atoms with Gasteiger partial charge in [-0.25, -0.2) is 17.4 Å². The number of hydrogen-bond acceptors (Lipinski definition) is 5. The van der Waals surface area contributed by atoms with Crippen LogP contribution in [0, 0.1) is 0 Å². The van der Waals surface area contributed by atoms with Crippen LogP contribution in [0.1, 0.15) is 6.42 Å². The van der Waals surface area contributed by atoms with Crippen LogP contribution in [0.25, 0.3) is 10.6 Å². The van der Waals surface area contributed by atoms with E-state index in [0.717, 1.165) is 16.9 Å². The second-order valence-electron chi connectivity index (χ2n) is 4.83. The molecule has 1 aromatic carbocycles. The first-order valence-corrected chi connectivity index (χ1v) is 9.10. The van der Waals surface area contributed by atoms with Gasteiger partial charge >= 0.3 is 4.87 Å². The molecule has 0 aliphatic carbocycles. The Kier molecular flexibility index (Phi) is 3.92. The zero-order valence-corrected chi connectivity index (χ0v) is 12.9. The zero-order valence-electron chi connectivity index (χ0n) is 11.3. The fourth-order valence-electron chi connectivity index (χ4n) is 2.29. The van der Waals surface area contributed by atoms with Gasteiger partial charge in [0.1, 0.15) is 5.01 Å². The van der Waals surface area contributed by atoms with Crippen molar-refractivity contribution in [2.45, 2.75) is 13.0 Å². The lowest BCUT2D eigenvalue weighted by Gasteiger charge is -2.13. The fourth-order valence-corrected chi connectivity index (χ4v) is 4.61. The van der Waals surface area contributed by atoms with Gasteiger partial charge in [-0.1, -0.05) is 41.7 Å². The van der Waals surface area contributed by atoms with E-state index in [-0.39, 0.29) is 10.6 Å². The molecule has 1 aromatic heterocycles. The Morgan fingerprint density at radius 3 is 2.62 bits per heavy atom. The van der Waals surface area contributed by atoms with Crippen molar-refractivity contribution >= 4 is 21.4 Å². The predicted molar refractivity (Wildman–Crippen MR) is 81.8 cm³/mol. The summed E-state index contributed by atoms with van der Waals surface area (Å²) >= 11 is 1.08. The second-order valence-corrected chi connectivity index (χ2v) is 7.86. The maximum atomic E-state index is 11.9. The SMILES string of the molecule is O=c1sc(-c2ccccc2)nn1CCN1CCCS1(=O)=O. The summed E-state index contributed by atoms with van der Waals surface area (Å²) in [6, 6.07) is 9.48. The van der Waals surface area contributed by atoms with Gasteiger partial charge in [0.15, 0.2) is 0 Å². The molecule has 1 aliphatic rings. The van der Waals surface area contributed by atoms with Gasteiger partial charge in [0, 0.05) is 18.7 Å². The van der Waals surface area contributed by atoms with E-state index in [1.807, 2.05) is 30.3 Å². The smallest absolute Gasteiger partial charge is 0.255 e. The molecule has 6 nitrogen and oxygen atoms in total. The minimum Gasteiger partial charge on any atom is -0.255 e. The number of aromatic nitrogens is 2. The summed E-state index contributed by atoms with van der Waals surface area (Å²) in [5.41, 5.74) is 0.896. The van der Waals surface area contributed by atoms with E-state index >= 15 is 0 Å². The summed E-state index contributed by atoms with van der Waals surface area (Å²) in [7, 11) is -3.12. The molecule has 0 atom stereocenters. The third-order valence-corrected chi connectivity index (χ3v) is 6.24. The highest BCUT2D eigenvalue weighted by molar-refractivity contribution is 7.89. The van der Waals surface area contributed by atoms with E-state index in [0.29, 0.717) is 31.1 Å². The van der Waals surface area contributed by atoms with Gasteiger partial charge in [0.2, 0.25) is 10.0 Å². The van der Waals surface area contributed by atoms with Crippen LogP contribution in [0.4, 0.5) is 0 Å². The zero-order chi connectivity index (χ0) is 14.9. The molecular weight excluding hydrogens is 310 g/mol. The van der Waals surface area contributed by atoms with Gasteiger partial charge in [-0.05, 0) is 6.42 Å². The summed E-state index contributed by atoms with van der Waals surface area (Å²) < 4.78 is 26.2. The van der Waals surface area contributed by atoms with Crippen molar-refractivity contribution in [2.75, 3.05) is 18.8 Å². The fraction of sp³-hybridized carbons (Fsp3) is 0.385. The highest BCUT2D eigenvalue weighted by Gasteiger charge is 2.27. The quantitative estimate of drug-likeness (QED) is 0.841. The Labute approximate surface area is 126 Å². The molecule has 0 radical (unpaired) electrons. The molecule has 1 saturated heterocycles. The highest BCUT2D eigenvalue weighted by atomic mass is 32.2. The van der Waals surface area contributed by atoms with E-state index in [1.165, 1.54) is 8.99 Å². The third-order valence-electron chi connectivity index (χ3n) is 3.39. The Hall–Kier alpha value is -1.51. The van der Waals surface area contributed by atoms with Crippen molar-refractivity contribution in [3.05, 3.63) is 40.0 Å². The van der Waals surface area contributed by atoms with E-state index < -0.39 is 10.0 Å². The van der Waals surface area contributed by atoms with Crippen LogP contribution >= 0.6 is 11.3 Å². The second kappa shape index (κ2) is 5.70. The first-order chi connectivity index (χ1) is 10.1. The van der Waals surface area contributed by atoms with Crippen molar-refractivity contribution in [1.82, 2.24) is 14.1 Å². The summed E-state index contributed by atoms with van der Waals surface area (Å²) in [5.74, 6) is 0.203. The number of nitrogens with zero attached hydrogens (tertiary/aromatic N) is 3. The van der Waals surface area contributed by atoms with E-state index in [9.17, 15) is 13.2 Å². The summed E-state index contributed by atoms with van der Waals surface area (Å²) in [4.78, 5) is 11.8. The van der Waals surface area contributed by atoms with Crippen LogP contribution in [-0.2, 0) is 16.6 Å². The lowest BCUT2D eigenvalue weighted by molar-refractivity contribution is 0.406. The van der Waals surface area contributed by atoms with Crippen molar-refractivity contribution in [3.63, 3.8) is 0 Å². The van der Waals surface area contributed by atoms with Gasteiger partial charge in [-0.2, -0.15) is 5.10 Å². The van der Waals surface area contributed by atoms with Crippen molar-refractivity contribution in [1.29, 1.82) is 0 Å². The molecular formula is C13H15N3O3S2. The lowest BCUT2D eigenvalue weighted by Crippen LogP contribution is -2.31. The minimum absolute atomic E-state index is 0.162. The molecule has 0 unspecified atom stereocenters. The molecule has 0 bridgehead atoms. The van der Waals surface area contributed by atoms with Crippen molar-refractivity contribution in [3.8, 4) is 10.6 Å². The van der Waals surface area contributed by atoms with Gasteiger partial charge in [0.05, 0.1) is 12.3 Å². The Bertz CT molecular complexity index is 780. The minimum atomic E-state index is -3.12. The van der Waals surface area contributed by atoms with Gasteiger partial charge in [-0.15, -0.1) is 0 Å². The average molecular weight is 325 g/mol. The highest BCUT2D eigenvalue weighted by Crippen LogP contribution is 2.18. The lowest BCUT2D eigenvalue weighted by atomic mass is 10.2. The number of rotatable bonds is 4. The van der Waals surface area contributed by atoms with Crippen molar-refractivity contribution in [2.24, 2.45) is 0 Å². The molecule has 0 N–H and O–H groups in total. The van der Waals surface area contributed by atoms with Crippen LogP contribution in [0.3, 0.4) is 0 Å². The molecule has 0 spiro atoms. The van der Waals surface area contributed by atoms with Crippen LogP contribution < -0.4 is 4.87 Å². The Morgan fingerprint density at radius 2 is 1.95 bits per heavy atom. The molecule has 0 amide bonds. The van der Waals surface area contributed by atoms with Gasteiger partial charge < -0.3 is 0 Å². The van der Waals surface area contributed by atoms with E-state index in [4.69, 9.17) is 0 Å².